The van der Waals surface area contributed by atoms with Crippen LogP contribution in [0.2, 0.25) is 4.28 Å². The van der Waals surface area contributed by atoms with Crippen LogP contribution in [0.3, 0.4) is 0 Å². The molecule has 0 aromatic heterocycles. The molecular formula is C27H59NO13Si3. The maximum Gasteiger partial charge on any atom is 0.516 e. The summed E-state index contributed by atoms with van der Waals surface area (Å²) in [6, 6.07) is -1.02. The summed E-state index contributed by atoms with van der Waals surface area (Å²) in [6.07, 6.45) is -0.163. The van der Waals surface area contributed by atoms with E-state index in [1.807, 2.05) is 62.3 Å². The van der Waals surface area contributed by atoms with Gasteiger partial charge in [-0.05, 0) is 75.3 Å². The van der Waals surface area contributed by atoms with Crippen molar-refractivity contribution in [1.29, 1.82) is 0 Å². The molecule has 0 amide bonds. The van der Waals surface area contributed by atoms with Crippen molar-refractivity contribution < 1.29 is 58.9 Å². The third-order valence-corrected chi connectivity index (χ3v) is 22.0. The lowest BCUT2D eigenvalue weighted by molar-refractivity contribution is -0.149. The van der Waals surface area contributed by atoms with Gasteiger partial charge in [-0.25, -0.2) is 0 Å². The molecule has 262 valence electrons. The van der Waals surface area contributed by atoms with E-state index in [0.717, 1.165) is 0 Å². The molecular weight excluding hydrogens is 631 g/mol. The Morgan fingerprint density at radius 2 is 0.841 bits per heavy atom. The van der Waals surface area contributed by atoms with Crippen LogP contribution in [-0.4, -0.2) is 125 Å². The van der Waals surface area contributed by atoms with Gasteiger partial charge in [0, 0.05) is 59.5 Å². The molecule has 0 aliphatic carbocycles. The molecule has 0 heterocycles. The lowest BCUT2D eigenvalue weighted by Crippen LogP contribution is -2.82. The molecule has 0 saturated carbocycles. The second-order valence-corrected chi connectivity index (χ2v) is 19.0. The standard InChI is InChI=1S/C27H59NO13Si3/c1-12-33-42(34-13-2,35-14-3)27(43(36-15-4,37-16-5)38-17-6,44(39-18-7,40-19-8)41-20-9)21-22-28-24(26(30)32-11)23-25(29)31-10/h24,28H,12-23H2,1-11H3/t24-/m0/s1. The van der Waals surface area contributed by atoms with Crippen molar-refractivity contribution in [2.75, 3.05) is 80.2 Å². The maximum atomic E-state index is 12.7. The number of carbonyl (C=O) groups is 2. The Balaban J connectivity index is 8.15. The first-order valence-electron chi connectivity index (χ1n) is 15.7. The third-order valence-electron chi connectivity index (χ3n) is 6.55. The molecule has 44 heavy (non-hydrogen) atoms. The first kappa shape index (κ1) is 43.2. The maximum absolute atomic E-state index is 12.7. The van der Waals surface area contributed by atoms with E-state index in [1.54, 1.807) is 0 Å². The minimum Gasteiger partial charge on any atom is -0.469 e. The molecule has 1 N–H and O–H groups in total. The van der Waals surface area contributed by atoms with Gasteiger partial charge >= 0.3 is 38.4 Å². The fourth-order valence-corrected chi connectivity index (χ4v) is 21.4. The van der Waals surface area contributed by atoms with E-state index in [2.05, 4.69) is 5.32 Å². The van der Waals surface area contributed by atoms with Crippen molar-refractivity contribution in [2.24, 2.45) is 0 Å². The van der Waals surface area contributed by atoms with E-state index in [-0.39, 0.29) is 78.8 Å². The average molecular weight is 690 g/mol. The van der Waals surface area contributed by atoms with E-state index in [4.69, 9.17) is 49.3 Å². The quantitative estimate of drug-likeness (QED) is 0.0948. The minimum absolute atomic E-state index is 0.0860. The van der Waals surface area contributed by atoms with Gasteiger partial charge in [0.05, 0.1) is 20.6 Å². The third kappa shape index (κ3) is 10.1. The smallest absolute Gasteiger partial charge is 0.469 e. The summed E-state index contributed by atoms with van der Waals surface area (Å²) >= 11 is 0. The molecule has 14 nitrogen and oxygen atoms in total. The number of esters is 2. The SMILES string of the molecule is CCO[Si](OCC)(OCC)C(CCN[C@@H](CC(=O)OC)C(=O)OC)([Si](OCC)(OCC)OCC)[Si](OCC)(OCC)OCC. The van der Waals surface area contributed by atoms with Crippen molar-refractivity contribution in [3.05, 3.63) is 0 Å². The molecule has 0 fully saturated rings. The molecule has 0 aromatic rings. The van der Waals surface area contributed by atoms with E-state index >= 15 is 0 Å². The molecule has 0 aliphatic heterocycles. The number of carbonyl (C=O) groups excluding carboxylic acids is 2. The fraction of sp³-hybridized carbons (Fsp3) is 0.926. The molecule has 17 heteroatoms. The van der Waals surface area contributed by atoms with E-state index < -0.39 is 48.7 Å². The van der Waals surface area contributed by atoms with Crippen LogP contribution in [0.15, 0.2) is 0 Å². The van der Waals surface area contributed by atoms with Crippen LogP contribution in [0.5, 0.6) is 0 Å². The topological polar surface area (TPSA) is 148 Å². The van der Waals surface area contributed by atoms with Crippen LogP contribution in [0.1, 0.15) is 75.2 Å². The van der Waals surface area contributed by atoms with E-state index in [0.29, 0.717) is 0 Å². The van der Waals surface area contributed by atoms with Gasteiger partial charge in [-0.2, -0.15) is 0 Å². The molecule has 0 aromatic carbocycles. The van der Waals surface area contributed by atoms with Gasteiger partial charge in [0.2, 0.25) is 0 Å². The van der Waals surface area contributed by atoms with Gasteiger partial charge in [-0.1, -0.05) is 0 Å². The van der Waals surface area contributed by atoms with Crippen LogP contribution >= 0.6 is 0 Å². The van der Waals surface area contributed by atoms with Gasteiger partial charge < -0.3 is 54.6 Å². The second kappa shape index (κ2) is 22.7. The Hall–Kier alpha value is -0.809. The molecule has 0 spiro atoms. The number of rotatable bonds is 28. The van der Waals surface area contributed by atoms with Gasteiger partial charge in [0.25, 0.3) is 0 Å². The number of hydrogen-bond donors (Lipinski definition) is 1. The minimum atomic E-state index is -4.09. The number of nitrogens with one attached hydrogen (secondary N) is 1. The summed E-state index contributed by atoms with van der Waals surface area (Å²) in [6.45, 7) is 18.7. The number of ether oxygens (including phenoxy) is 2. The van der Waals surface area contributed by atoms with E-state index in [9.17, 15) is 9.59 Å². The van der Waals surface area contributed by atoms with E-state index in [1.165, 1.54) is 14.2 Å². The first-order chi connectivity index (χ1) is 21.1. The first-order valence-corrected chi connectivity index (χ1v) is 20.9. The van der Waals surface area contributed by atoms with Crippen molar-refractivity contribution in [1.82, 2.24) is 5.32 Å². The van der Waals surface area contributed by atoms with Crippen molar-refractivity contribution in [3.63, 3.8) is 0 Å². The van der Waals surface area contributed by atoms with Crippen molar-refractivity contribution in [2.45, 2.75) is 85.5 Å². The molecule has 0 aliphatic rings. The zero-order valence-electron chi connectivity index (χ0n) is 28.9. The number of hydrogen-bond acceptors (Lipinski definition) is 14. The van der Waals surface area contributed by atoms with Crippen molar-refractivity contribution >= 4 is 38.4 Å². The van der Waals surface area contributed by atoms with Crippen LogP contribution in [0, 0.1) is 0 Å². The Bertz CT molecular complexity index is 680. The van der Waals surface area contributed by atoms with Gasteiger partial charge in [-0.3, -0.25) is 9.59 Å². The summed E-state index contributed by atoms with van der Waals surface area (Å²) in [7, 11) is -9.76. The highest BCUT2D eigenvalue weighted by molar-refractivity contribution is 7.02. The Kier molecular flexibility index (Phi) is 22.3. The molecule has 0 saturated heterocycles. The lowest BCUT2D eigenvalue weighted by Gasteiger charge is -2.56. The normalized spacial score (nSPS) is 13.6. The van der Waals surface area contributed by atoms with Gasteiger partial charge in [-0.15, -0.1) is 0 Å². The fourth-order valence-electron chi connectivity index (χ4n) is 5.28. The largest absolute Gasteiger partial charge is 0.516 e. The monoisotopic (exact) mass is 689 g/mol. The average Bonchev–Trinajstić information content (AvgIpc) is 2.99. The predicted octanol–water partition coefficient (Wildman–Crippen LogP) is 3.03. The van der Waals surface area contributed by atoms with Crippen LogP contribution < -0.4 is 5.32 Å². The Morgan fingerprint density at radius 1 is 0.545 bits per heavy atom. The summed E-state index contributed by atoms with van der Waals surface area (Å²) in [4.78, 5) is 25.0. The van der Waals surface area contributed by atoms with Gasteiger partial charge in [0.1, 0.15) is 6.04 Å². The van der Waals surface area contributed by atoms with Gasteiger partial charge in [0.15, 0.2) is 4.28 Å². The summed E-state index contributed by atoms with van der Waals surface area (Å²) in [5.74, 6) is -1.21. The van der Waals surface area contributed by atoms with Crippen LogP contribution in [0.25, 0.3) is 0 Å². The Labute approximate surface area is 268 Å². The Morgan fingerprint density at radius 3 is 1.07 bits per heavy atom. The second-order valence-electron chi connectivity index (χ2n) is 9.03. The summed E-state index contributed by atoms with van der Waals surface area (Å²) < 4.78 is 68.3. The lowest BCUT2D eigenvalue weighted by atomic mass is 10.2. The number of methoxy groups -OCH3 is 2. The van der Waals surface area contributed by atoms with Crippen molar-refractivity contribution in [3.8, 4) is 0 Å². The van der Waals surface area contributed by atoms with Crippen LogP contribution in [0.4, 0.5) is 0 Å². The predicted molar refractivity (Wildman–Crippen MR) is 170 cm³/mol. The molecule has 0 unspecified atom stereocenters. The molecule has 0 radical (unpaired) electrons. The summed E-state index contributed by atoms with van der Waals surface area (Å²) in [5.41, 5.74) is 0. The molecule has 1 atom stereocenters. The highest BCUT2D eigenvalue weighted by Crippen LogP contribution is 2.59. The zero-order valence-corrected chi connectivity index (χ0v) is 31.9. The molecule has 0 bridgehead atoms. The van der Waals surface area contributed by atoms with Crippen LogP contribution in [-0.2, 0) is 58.9 Å². The highest BCUT2D eigenvalue weighted by Gasteiger charge is 2.89. The zero-order chi connectivity index (χ0) is 33.7. The summed E-state index contributed by atoms with van der Waals surface area (Å²) in [5, 5.41) is 3.18. The molecule has 0 rings (SSSR count). The highest BCUT2D eigenvalue weighted by atomic mass is 28.5.